The van der Waals surface area contributed by atoms with E-state index in [1.807, 2.05) is 0 Å². The minimum absolute atomic E-state index is 0.522. The second kappa shape index (κ2) is 3.51. The molecule has 1 N–H and O–H groups in total. The Kier molecular flexibility index (Phi) is 2.63. The van der Waals surface area contributed by atoms with Crippen molar-refractivity contribution in [3.8, 4) is 0 Å². The summed E-state index contributed by atoms with van der Waals surface area (Å²) in [7, 11) is 0. The molecule has 0 saturated carbocycles. The van der Waals surface area contributed by atoms with Gasteiger partial charge >= 0.3 is 0 Å². The SMILES string of the molecule is CC(C)CC(C)c1cn[nH]n1. The number of nitrogens with zero attached hydrogens (tertiary/aromatic N) is 2. The summed E-state index contributed by atoms with van der Waals surface area (Å²) in [5.74, 6) is 1.25. The fourth-order valence-corrected chi connectivity index (χ4v) is 1.28. The molecule has 0 aromatic carbocycles. The van der Waals surface area contributed by atoms with Gasteiger partial charge in [0.1, 0.15) is 0 Å². The minimum Gasteiger partial charge on any atom is -0.198 e. The molecule has 1 aromatic heterocycles. The van der Waals surface area contributed by atoms with Gasteiger partial charge < -0.3 is 0 Å². The average molecular weight is 153 g/mol. The van der Waals surface area contributed by atoms with Crippen LogP contribution in [0.25, 0.3) is 0 Å². The van der Waals surface area contributed by atoms with Crippen LogP contribution in [0.15, 0.2) is 6.20 Å². The zero-order chi connectivity index (χ0) is 8.27. The molecule has 3 heteroatoms. The van der Waals surface area contributed by atoms with Gasteiger partial charge in [0.25, 0.3) is 0 Å². The summed E-state index contributed by atoms with van der Waals surface area (Å²) >= 11 is 0. The van der Waals surface area contributed by atoms with Crippen molar-refractivity contribution in [2.24, 2.45) is 5.92 Å². The first kappa shape index (κ1) is 8.24. The number of H-pyrrole nitrogens is 1. The first-order chi connectivity index (χ1) is 5.20. The van der Waals surface area contributed by atoms with Gasteiger partial charge in [0, 0.05) is 5.92 Å². The summed E-state index contributed by atoms with van der Waals surface area (Å²) in [4.78, 5) is 0. The van der Waals surface area contributed by atoms with Crippen molar-refractivity contribution in [3.63, 3.8) is 0 Å². The molecule has 1 unspecified atom stereocenters. The van der Waals surface area contributed by atoms with E-state index in [1.165, 1.54) is 6.42 Å². The molecule has 3 nitrogen and oxygen atoms in total. The Morgan fingerprint density at radius 3 is 2.64 bits per heavy atom. The van der Waals surface area contributed by atoms with Crippen molar-refractivity contribution in [2.45, 2.75) is 33.1 Å². The predicted molar refractivity (Wildman–Crippen MR) is 44.3 cm³/mol. The normalized spacial score (nSPS) is 13.8. The number of aromatic nitrogens is 3. The zero-order valence-electron chi connectivity index (χ0n) is 7.33. The molecule has 0 fully saturated rings. The van der Waals surface area contributed by atoms with Crippen LogP contribution >= 0.6 is 0 Å². The van der Waals surface area contributed by atoms with Gasteiger partial charge in [0.05, 0.1) is 11.9 Å². The number of rotatable bonds is 3. The van der Waals surface area contributed by atoms with Crippen molar-refractivity contribution < 1.29 is 0 Å². The molecule has 1 atom stereocenters. The molecule has 1 aromatic rings. The van der Waals surface area contributed by atoms with Gasteiger partial charge in [-0.15, -0.1) is 0 Å². The maximum absolute atomic E-state index is 4.03. The van der Waals surface area contributed by atoms with E-state index in [1.54, 1.807) is 6.20 Å². The van der Waals surface area contributed by atoms with Crippen LogP contribution in [0.3, 0.4) is 0 Å². The molecule has 0 amide bonds. The highest BCUT2D eigenvalue weighted by atomic mass is 15.3. The van der Waals surface area contributed by atoms with Gasteiger partial charge in [-0.2, -0.15) is 15.4 Å². The zero-order valence-corrected chi connectivity index (χ0v) is 7.33. The third-order valence-corrected chi connectivity index (χ3v) is 1.76. The van der Waals surface area contributed by atoms with Gasteiger partial charge in [-0.3, -0.25) is 0 Å². The summed E-state index contributed by atoms with van der Waals surface area (Å²) in [5.41, 5.74) is 1.07. The van der Waals surface area contributed by atoms with Crippen LogP contribution in [-0.4, -0.2) is 15.4 Å². The number of hydrogen-bond donors (Lipinski definition) is 1. The van der Waals surface area contributed by atoms with E-state index in [9.17, 15) is 0 Å². The minimum atomic E-state index is 0.522. The van der Waals surface area contributed by atoms with Crippen molar-refractivity contribution in [2.75, 3.05) is 0 Å². The fraction of sp³-hybridized carbons (Fsp3) is 0.750. The summed E-state index contributed by atoms with van der Waals surface area (Å²) in [6.07, 6.45) is 2.97. The lowest BCUT2D eigenvalue weighted by atomic mass is 9.97. The van der Waals surface area contributed by atoms with Crippen molar-refractivity contribution in [1.29, 1.82) is 0 Å². The van der Waals surface area contributed by atoms with Gasteiger partial charge in [-0.25, -0.2) is 0 Å². The van der Waals surface area contributed by atoms with Crippen LogP contribution in [-0.2, 0) is 0 Å². The van der Waals surface area contributed by atoms with E-state index in [0.717, 1.165) is 11.6 Å². The predicted octanol–water partition coefficient (Wildman–Crippen LogP) is 1.95. The molecule has 0 aliphatic carbocycles. The van der Waals surface area contributed by atoms with E-state index in [4.69, 9.17) is 0 Å². The largest absolute Gasteiger partial charge is 0.198 e. The summed E-state index contributed by atoms with van der Waals surface area (Å²) in [5, 5.41) is 10.4. The molecular formula is C8H15N3. The molecule has 1 heterocycles. The van der Waals surface area contributed by atoms with E-state index in [-0.39, 0.29) is 0 Å². The Bertz CT molecular complexity index is 191. The van der Waals surface area contributed by atoms with Crippen LogP contribution in [0, 0.1) is 5.92 Å². The Morgan fingerprint density at radius 1 is 1.45 bits per heavy atom. The third-order valence-electron chi connectivity index (χ3n) is 1.76. The Balaban J connectivity index is 2.49. The van der Waals surface area contributed by atoms with Crippen molar-refractivity contribution in [1.82, 2.24) is 15.4 Å². The molecule has 0 saturated heterocycles. The van der Waals surface area contributed by atoms with E-state index in [0.29, 0.717) is 5.92 Å². The lowest BCUT2D eigenvalue weighted by molar-refractivity contribution is 0.515. The van der Waals surface area contributed by atoms with Crippen LogP contribution in [0.5, 0.6) is 0 Å². The second-order valence-corrected chi connectivity index (χ2v) is 3.43. The molecule has 0 aliphatic heterocycles. The van der Waals surface area contributed by atoms with Crippen LogP contribution in [0.2, 0.25) is 0 Å². The molecule has 0 spiro atoms. The number of hydrogen-bond acceptors (Lipinski definition) is 2. The smallest absolute Gasteiger partial charge is 0.0852 e. The first-order valence-corrected chi connectivity index (χ1v) is 4.05. The van der Waals surface area contributed by atoms with Crippen molar-refractivity contribution in [3.05, 3.63) is 11.9 Å². The highest BCUT2D eigenvalue weighted by Crippen LogP contribution is 2.19. The average Bonchev–Trinajstić information content (AvgIpc) is 2.35. The molecule has 11 heavy (non-hydrogen) atoms. The fourth-order valence-electron chi connectivity index (χ4n) is 1.28. The lowest BCUT2D eigenvalue weighted by Crippen LogP contribution is -1.98. The lowest BCUT2D eigenvalue weighted by Gasteiger charge is -2.09. The third kappa shape index (κ3) is 2.33. The van der Waals surface area contributed by atoms with Crippen molar-refractivity contribution >= 4 is 0 Å². The van der Waals surface area contributed by atoms with Gasteiger partial charge in [-0.05, 0) is 12.3 Å². The summed E-state index contributed by atoms with van der Waals surface area (Å²) in [6, 6.07) is 0. The maximum Gasteiger partial charge on any atom is 0.0852 e. The molecular weight excluding hydrogens is 138 g/mol. The summed E-state index contributed by atoms with van der Waals surface area (Å²) < 4.78 is 0. The first-order valence-electron chi connectivity index (χ1n) is 4.05. The van der Waals surface area contributed by atoms with E-state index >= 15 is 0 Å². The highest BCUT2D eigenvalue weighted by Gasteiger charge is 2.09. The molecule has 0 bridgehead atoms. The number of aromatic amines is 1. The van der Waals surface area contributed by atoms with Crippen LogP contribution < -0.4 is 0 Å². The Labute approximate surface area is 67.2 Å². The van der Waals surface area contributed by atoms with E-state index in [2.05, 4.69) is 36.2 Å². The monoisotopic (exact) mass is 153 g/mol. The van der Waals surface area contributed by atoms with Gasteiger partial charge in [0.15, 0.2) is 0 Å². The van der Waals surface area contributed by atoms with E-state index < -0.39 is 0 Å². The summed E-state index contributed by atoms with van der Waals surface area (Å²) in [6.45, 7) is 6.62. The maximum atomic E-state index is 4.03. The van der Waals surface area contributed by atoms with Crippen LogP contribution in [0.4, 0.5) is 0 Å². The van der Waals surface area contributed by atoms with Gasteiger partial charge in [0.2, 0.25) is 0 Å². The molecule has 0 radical (unpaired) electrons. The second-order valence-electron chi connectivity index (χ2n) is 3.43. The topological polar surface area (TPSA) is 41.6 Å². The standard InChI is InChI=1S/C8H15N3/c1-6(2)4-7(3)8-5-9-11-10-8/h5-7H,4H2,1-3H3,(H,9,10,11). The van der Waals surface area contributed by atoms with Crippen LogP contribution in [0.1, 0.15) is 38.8 Å². The Hall–Kier alpha value is -0.860. The quantitative estimate of drug-likeness (QED) is 0.721. The Morgan fingerprint density at radius 2 is 2.18 bits per heavy atom. The van der Waals surface area contributed by atoms with Gasteiger partial charge in [-0.1, -0.05) is 20.8 Å². The number of nitrogens with one attached hydrogen (secondary N) is 1. The molecule has 1 rings (SSSR count). The highest BCUT2D eigenvalue weighted by molar-refractivity contribution is 4.98. The molecule has 0 aliphatic rings. The molecule has 62 valence electrons.